The van der Waals surface area contributed by atoms with Crippen molar-refractivity contribution in [2.75, 3.05) is 6.54 Å². The molecule has 1 aliphatic rings. The van der Waals surface area contributed by atoms with Crippen LogP contribution >= 0.6 is 0 Å². The molecule has 5 heteroatoms. The van der Waals surface area contributed by atoms with Gasteiger partial charge >= 0.3 is 6.03 Å². The lowest BCUT2D eigenvalue weighted by molar-refractivity contribution is -0.125. The molecule has 3 rings (SSSR count). The summed E-state index contributed by atoms with van der Waals surface area (Å²) in [6, 6.07) is 18.5. The van der Waals surface area contributed by atoms with E-state index in [2.05, 4.69) is 5.10 Å². The lowest BCUT2D eigenvalue weighted by Gasteiger charge is -2.13. The fourth-order valence-electron chi connectivity index (χ4n) is 2.21. The second-order valence-electron chi connectivity index (χ2n) is 4.96. The summed E-state index contributed by atoms with van der Waals surface area (Å²) in [5.41, 5.74) is 1.79. The third kappa shape index (κ3) is 3.03. The van der Waals surface area contributed by atoms with Crippen LogP contribution in [0.1, 0.15) is 11.1 Å². The Kier molecular flexibility index (Phi) is 3.96. The van der Waals surface area contributed by atoms with Crippen molar-refractivity contribution in [2.45, 2.75) is 6.54 Å². The second kappa shape index (κ2) is 6.22. The number of urea groups is 1. The molecule has 0 unspecified atom stereocenters. The minimum atomic E-state index is -0.388. The van der Waals surface area contributed by atoms with Gasteiger partial charge in [-0.25, -0.2) is 9.80 Å². The van der Waals surface area contributed by atoms with E-state index in [4.69, 9.17) is 0 Å². The maximum atomic E-state index is 12.3. The minimum Gasteiger partial charge on any atom is -0.272 e. The average molecular weight is 293 g/mol. The molecule has 0 atom stereocenters. The van der Waals surface area contributed by atoms with E-state index in [9.17, 15) is 9.59 Å². The Hall–Kier alpha value is -2.95. The number of benzene rings is 2. The van der Waals surface area contributed by atoms with E-state index in [1.165, 1.54) is 9.91 Å². The zero-order valence-corrected chi connectivity index (χ0v) is 11.9. The van der Waals surface area contributed by atoms with E-state index in [1.54, 1.807) is 6.21 Å². The number of rotatable bonds is 4. The number of nitrogens with zero attached hydrogens (tertiary/aromatic N) is 3. The molecule has 0 spiro atoms. The first kappa shape index (κ1) is 14.0. The Morgan fingerprint density at radius 2 is 1.59 bits per heavy atom. The molecule has 0 aromatic heterocycles. The largest absolute Gasteiger partial charge is 0.347 e. The van der Waals surface area contributed by atoms with Crippen LogP contribution in [-0.4, -0.2) is 34.6 Å². The minimum absolute atomic E-state index is 0.0188. The predicted octanol–water partition coefficient (Wildman–Crippen LogP) is 2.48. The number of carbonyl (C=O) groups is 2. The Balaban J connectivity index is 1.70. The molecule has 0 saturated carbocycles. The van der Waals surface area contributed by atoms with E-state index in [-0.39, 0.29) is 25.0 Å². The zero-order chi connectivity index (χ0) is 15.4. The first-order valence-corrected chi connectivity index (χ1v) is 6.99. The molecule has 0 radical (unpaired) electrons. The molecule has 2 aromatic carbocycles. The van der Waals surface area contributed by atoms with Crippen LogP contribution < -0.4 is 0 Å². The van der Waals surface area contributed by atoms with Crippen molar-refractivity contribution >= 4 is 18.2 Å². The van der Waals surface area contributed by atoms with Crippen molar-refractivity contribution in [1.29, 1.82) is 0 Å². The highest BCUT2D eigenvalue weighted by Gasteiger charge is 2.35. The second-order valence-corrected chi connectivity index (χ2v) is 4.96. The summed E-state index contributed by atoms with van der Waals surface area (Å²) in [6.07, 6.45) is 1.58. The maximum Gasteiger partial charge on any atom is 0.347 e. The van der Waals surface area contributed by atoms with Crippen LogP contribution in [-0.2, 0) is 11.3 Å². The molecule has 22 heavy (non-hydrogen) atoms. The quantitative estimate of drug-likeness (QED) is 0.642. The van der Waals surface area contributed by atoms with Crippen LogP contribution in [0.15, 0.2) is 65.8 Å². The molecule has 0 aliphatic carbocycles. The van der Waals surface area contributed by atoms with Crippen molar-refractivity contribution in [3.63, 3.8) is 0 Å². The normalized spacial score (nSPS) is 15.1. The number of carbonyl (C=O) groups excluding carboxylic acids is 2. The fourth-order valence-corrected chi connectivity index (χ4v) is 2.21. The third-order valence-corrected chi connectivity index (χ3v) is 3.37. The fraction of sp³-hybridized carbons (Fsp3) is 0.118. The summed E-state index contributed by atoms with van der Waals surface area (Å²) < 4.78 is 0. The van der Waals surface area contributed by atoms with Crippen LogP contribution in [0, 0.1) is 0 Å². The lowest BCUT2D eigenvalue weighted by atomic mass is 10.2. The van der Waals surface area contributed by atoms with E-state index < -0.39 is 0 Å². The molecule has 1 heterocycles. The highest BCUT2D eigenvalue weighted by molar-refractivity contribution is 6.02. The molecular weight excluding hydrogens is 278 g/mol. The van der Waals surface area contributed by atoms with Gasteiger partial charge in [-0.2, -0.15) is 5.10 Å². The Morgan fingerprint density at radius 1 is 0.955 bits per heavy atom. The van der Waals surface area contributed by atoms with Gasteiger partial charge in [-0.3, -0.25) is 9.69 Å². The number of hydrazone groups is 1. The SMILES string of the molecule is O=C1CN(/N=C/c2ccccc2)C(=O)N1Cc1ccccc1. The Bertz CT molecular complexity index is 698. The standard InChI is InChI=1S/C17H15N3O2/c21-16-13-20(18-11-14-7-3-1-4-8-14)17(22)19(16)12-15-9-5-2-6-10-15/h1-11H,12-13H2/b18-11+. The van der Waals surface area contributed by atoms with Gasteiger partial charge < -0.3 is 0 Å². The van der Waals surface area contributed by atoms with Gasteiger partial charge in [0.15, 0.2) is 0 Å². The predicted molar refractivity (Wildman–Crippen MR) is 83.1 cm³/mol. The molecule has 1 fully saturated rings. The summed E-state index contributed by atoms with van der Waals surface area (Å²) in [7, 11) is 0. The van der Waals surface area contributed by atoms with Gasteiger partial charge in [-0.1, -0.05) is 60.7 Å². The Labute approximate surface area is 128 Å². The maximum absolute atomic E-state index is 12.3. The van der Waals surface area contributed by atoms with Gasteiger partial charge in [0.05, 0.1) is 12.8 Å². The van der Waals surface area contributed by atoms with Gasteiger partial charge in [0.1, 0.15) is 6.54 Å². The smallest absolute Gasteiger partial charge is 0.272 e. The molecular formula is C17H15N3O2. The van der Waals surface area contributed by atoms with Crippen LogP contribution in [0.25, 0.3) is 0 Å². The van der Waals surface area contributed by atoms with Gasteiger partial charge in [0, 0.05) is 0 Å². The number of hydrogen-bond donors (Lipinski definition) is 0. The molecule has 5 nitrogen and oxygen atoms in total. The van der Waals surface area contributed by atoms with Crippen LogP contribution in [0.5, 0.6) is 0 Å². The van der Waals surface area contributed by atoms with Crippen molar-refractivity contribution < 1.29 is 9.59 Å². The Morgan fingerprint density at radius 3 is 2.27 bits per heavy atom. The van der Waals surface area contributed by atoms with Crippen LogP contribution in [0.3, 0.4) is 0 Å². The molecule has 3 amide bonds. The highest BCUT2D eigenvalue weighted by Crippen LogP contribution is 2.15. The van der Waals surface area contributed by atoms with E-state index >= 15 is 0 Å². The van der Waals surface area contributed by atoms with Crippen molar-refractivity contribution in [3.05, 3.63) is 71.8 Å². The molecule has 1 saturated heterocycles. The van der Waals surface area contributed by atoms with Crippen molar-refractivity contribution in [1.82, 2.24) is 9.91 Å². The number of hydrogen-bond acceptors (Lipinski definition) is 3. The first-order valence-electron chi connectivity index (χ1n) is 6.99. The average Bonchev–Trinajstić information content (AvgIpc) is 2.82. The topological polar surface area (TPSA) is 53.0 Å². The monoisotopic (exact) mass is 293 g/mol. The van der Waals surface area contributed by atoms with Gasteiger partial charge in [-0.15, -0.1) is 0 Å². The molecule has 2 aromatic rings. The summed E-state index contributed by atoms with van der Waals surface area (Å²) in [4.78, 5) is 25.5. The van der Waals surface area contributed by atoms with Gasteiger partial charge in [0.25, 0.3) is 5.91 Å². The highest BCUT2D eigenvalue weighted by atomic mass is 16.2. The molecule has 110 valence electrons. The summed E-state index contributed by atoms with van der Waals surface area (Å²) in [5.74, 6) is -0.237. The summed E-state index contributed by atoms with van der Waals surface area (Å²) >= 11 is 0. The van der Waals surface area contributed by atoms with Crippen LogP contribution in [0.4, 0.5) is 4.79 Å². The summed E-state index contributed by atoms with van der Waals surface area (Å²) in [5, 5.41) is 5.31. The molecule has 0 bridgehead atoms. The lowest BCUT2D eigenvalue weighted by Crippen LogP contribution is -2.30. The number of imide groups is 1. The third-order valence-electron chi connectivity index (χ3n) is 3.37. The van der Waals surface area contributed by atoms with Gasteiger partial charge in [0.2, 0.25) is 0 Å². The summed E-state index contributed by atoms with van der Waals surface area (Å²) in [6.45, 7) is 0.255. The molecule has 0 N–H and O–H groups in total. The first-order chi connectivity index (χ1) is 10.7. The van der Waals surface area contributed by atoms with E-state index in [0.29, 0.717) is 0 Å². The number of amides is 3. The van der Waals surface area contributed by atoms with E-state index in [1.807, 2.05) is 60.7 Å². The van der Waals surface area contributed by atoms with Crippen LogP contribution in [0.2, 0.25) is 0 Å². The van der Waals surface area contributed by atoms with Crippen molar-refractivity contribution in [2.24, 2.45) is 5.10 Å². The zero-order valence-electron chi connectivity index (χ0n) is 11.9. The van der Waals surface area contributed by atoms with Crippen molar-refractivity contribution in [3.8, 4) is 0 Å². The van der Waals surface area contributed by atoms with Gasteiger partial charge in [-0.05, 0) is 11.1 Å². The molecule has 1 aliphatic heterocycles. The van der Waals surface area contributed by atoms with E-state index in [0.717, 1.165) is 11.1 Å².